The van der Waals surface area contributed by atoms with Gasteiger partial charge in [-0.15, -0.1) is 0 Å². The largest absolute Gasteiger partial charge is 0.390 e. The fourth-order valence-electron chi connectivity index (χ4n) is 11.5. The van der Waals surface area contributed by atoms with Gasteiger partial charge in [-0.2, -0.15) is 11.8 Å². The second-order valence-corrected chi connectivity index (χ2v) is 29.4. The molecule has 13 atom stereocenters. The lowest BCUT2D eigenvalue weighted by Crippen LogP contribution is -2.64. The predicted molar refractivity (Wildman–Crippen MR) is 364 cm³/mol. The van der Waals surface area contributed by atoms with Gasteiger partial charge < -0.3 is 71.5 Å². The third kappa shape index (κ3) is 25.0. The number of carbonyl (C=O) groups is 11. The maximum atomic E-state index is 15.3. The molecule has 93 heavy (non-hydrogen) atoms. The van der Waals surface area contributed by atoms with E-state index < -0.39 is 161 Å². The average Bonchev–Trinajstić information content (AvgIpc) is 0.853. The zero-order valence-electron chi connectivity index (χ0n) is 60.8. The number of likely N-dealkylation sites (N-methyl/N-ethyl adjacent to an activating group) is 7. The first kappa shape index (κ1) is 85.2. The molecule has 1 saturated heterocycles. The smallest absolute Gasteiger partial charge is 0.246 e. The number of allylic oxidation sites excluding steroid dienone is 2. The molecule has 1 fully saturated rings. The van der Waals surface area contributed by atoms with Crippen molar-refractivity contribution in [1.82, 2.24) is 55.6 Å². The summed E-state index contributed by atoms with van der Waals surface area (Å²) in [7, 11) is 9.83. The van der Waals surface area contributed by atoms with Crippen molar-refractivity contribution in [1.29, 1.82) is 0 Å². The van der Waals surface area contributed by atoms with E-state index in [-0.39, 0.29) is 62.0 Å². The highest BCUT2D eigenvalue weighted by Crippen LogP contribution is 2.27. The lowest BCUT2D eigenvalue weighted by atomic mass is 9.91. The van der Waals surface area contributed by atoms with Gasteiger partial charge in [0.15, 0.2) is 0 Å². The molecule has 0 spiro atoms. The third-order valence-electron chi connectivity index (χ3n) is 17.4. The summed E-state index contributed by atoms with van der Waals surface area (Å²) in [5.74, 6) is -9.79. The molecular weight excluding hydrogens is 1210 g/mol. The number of nitrogens with two attached hydrogens (primary N) is 1. The minimum atomic E-state index is -1.66. The van der Waals surface area contributed by atoms with E-state index in [0.29, 0.717) is 25.1 Å². The van der Waals surface area contributed by atoms with Crippen molar-refractivity contribution >= 4 is 76.7 Å². The Bertz CT molecular complexity index is 2530. The molecule has 0 unspecified atom stereocenters. The van der Waals surface area contributed by atoms with Crippen LogP contribution in [-0.2, 0) is 52.7 Å². The SMILES string of the molecule is C/C=C/C[C@@H](C)[C@@H](O)[C@H]1C(=O)N[C@@H](CC)C(=O)N(C)[C@H](CSCCCCN)C(=O)N(C)[C@@H](CC(C)(C)O)C(=O)N[C@@H](C(C)C)C(=O)N(C)[C@@H](CC(C)C)C(=O)N[C@@H](C)C(=O)N[C@H](C)C(=O)N(C)[C@@H](CC(C)C)C(=O)N(C)[C@@H](CC(C)C)C(=O)N(C)[C@@H](C(C)C)C(=O)N1C. The second kappa shape index (κ2) is 39.2. The number of unbranched alkanes of at least 4 members (excludes halogenated alkanes) is 1. The molecule has 0 aromatic heterocycles. The molecule has 0 saturated carbocycles. The van der Waals surface area contributed by atoms with Crippen LogP contribution in [0.1, 0.15) is 169 Å². The van der Waals surface area contributed by atoms with Crippen LogP contribution in [0.25, 0.3) is 0 Å². The summed E-state index contributed by atoms with van der Waals surface area (Å²) in [6, 6.07) is -14.4. The molecule has 11 amide bonds. The van der Waals surface area contributed by atoms with Crippen LogP contribution in [0.2, 0.25) is 0 Å². The first-order valence-electron chi connectivity index (χ1n) is 33.3. The first-order chi connectivity index (χ1) is 43.0. The lowest BCUT2D eigenvalue weighted by molar-refractivity contribution is -0.157. The Morgan fingerprint density at radius 1 is 0.516 bits per heavy atom. The topological polar surface area (TPSA) is 325 Å². The molecule has 26 heteroatoms. The Labute approximate surface area is 560 Å². The summed E-state index contributed by atoms with van der Waals surface area (Å²) < 4.78 is 0. The number of rotatable bonds is 21. The molecule has 0 aliphatic carbocycles. The molecule has 1 aliphatic rings. The number of hydrogen-bond acceptors (Lipinski definition) is 15. The summed E-state index contributed by atoms with van der Waals surface area (Å²) in [5.41, 5.74) is 4.23. The van der Waals surface area contributed by atoms with Gasteiger partial charge in [-0.1, -0.05) is 95.2 Å². The van der Waals surface area contributed by atoms with Gasteiger partial charge in [-0.3, -0.25) is 52.7 Å². The van der Waals surface area contributed by atoms with Crippen LogP contribution in [0.3, 0.4) is 0 Å². The molecule has 0 aromatic carbocycles. The number of aliphatic hydroxyl groups excluding tert-OH is 1. The van der Waals surface area contributed by atoms with Crippen LogP contribution in [0.4, 0.5) is 0 Å². The van der Waals surface area contributed by atoms with Crippen molar-refractivity contribution < 1.29 is 63.0 Å². The fourth-order valence-corrected chi connectivity index (χ4v) is 12.7. The molecule has 1 rings (SSSR count). The van der Waals surface area contributed by atoms with Crippen LogP contribution < -0.4 is 27.0 Å². The van der Waals surface area contributed by atoms with E-state index in [0.717, 1.165) is 9.80 Å². The van der Waals surface area contributed by atoms with Crippen LogP contribution in [0, 0.1) is 35.5 Å². The van der Waals surface area contributed by atoms with Gasteiger partial charge in [0.2, 0.25) is 65.0 Å². The Morgan fingerprint density at radius 2 is 0.957 bits per heavy atom. The predicted octanol–water partition coefficient (Wildman–Crippen LogP) is 3.22. The quantitative estimate of drug-likeness (QED) is 0.0641. The monoisotopic (exact) mass is 1330 g/mol. The summed E-state index contributed by atoms with van der Waals surface area (Å²) in [6.07, 6.45) is 3.69. The van der Waals surface area contributed by atoms with Crippen molar-refractivity contribution in [3.05, 3.63) is 12.2 Å². The van der Waals surface area contributed by atoms with Crippen molar-refractivity contribution in [2.45, 2.75) is 247 Å². The Kier molecular flexibility index (Phi) is 35.9. The number of thioether (sulfide) groups is 1. The summed E-state index contributed by atoms with van der Waals surface area (Å²) in [4.78, 5) is 172. The minimum Gasteiger partial charge on any atom is -0.390 e. The van der Waals surface area contributed by atoms with E-state index >= 15 is 28.8 Å². The summed E-state index contributed by atoms with van der Waals surface area (Å²) in [5, 5.41) is 34.6. The Hall–Kier alpha value is -5.86. The van der Waals surface area contributed by atoms with E-state index in [2.05, 4.69) is 21.3 Å². The maximum absolute atomic E-state index is 15.3. The highest BCUT2D eigenvalue weighted by atomic mass is 32.2. The van der Waals surface area contributed by atoms with Gasteiger partial charge in [-0.05, 0) is 127 Å². The zero-order chi connectivity index (χ0) is 72.0. The number of aliphatic hydroxyl groups is 2. The summed E-state index contributed by atoms with van der Waals surface area (Å²) in [6.45, 7) is 29.3. The van der Waals surface area contributed by atoms with Crippen LogP contribution in [0.5, 0.6) is 0 Å². The fraction of sp³-hybridized carbons (Fsp3) is 0.806. The van der Waals surface area contributed by atoms with E-state index in [1.807, 2.05) is 41.5 Å². The molecule has 1 heterocycles. The van der Waals surface area contributed by atoms with Gasteiger partial charge in [0, 0.05) is 61.5 Å². The van der Waals surface area contributed by atoms with Gasteiger partial charge in [0.25, 0.3) is 0 Å². The van der Waals surface area contributed by atoms with Crippen LogP contribution in [0.15, 0.2) is 12.2 Å². The highest BCUT2D eigenvalue weighted by Gasteiger charge is 2.47. The maximum Gasteiger partial charge on any atom is 0.246 e. The van der Waals surface area contributed by atoms with E-state index in [1.165, 1.54) is 113 Å². The number of hydrogen-bond donors (Lipinski definition) is 7. The third-order valence-corrected chi connectivity index (χ3v) is 18.5. The van der Waals surface area contributed by atoms with Gasteiger partial charge in [0.05, 0.1) is 11.7 Å². The lowest BCUT2D eigenvalue weighted by Gasteiger charge is -2.41. The van der Waals surface area contributed by atoms with Crippen molar-refractivity contribution in [2.75, 3.05) is 67.4 Å². The zero-order valence-corrected chi connectivity index (χ0v) is 61.6. The van der Waals surface area contributed by atoms with Crippen LogP contribution >= 0.6 is 11.8 Å². The van der Waals surface area contributed by atoms with Crippen LogP contribution in [-0.4, -0.2) is 255 Å². The molecular formula is C67H122N12O13S. The standard InChI is InChI=1S/C67H122N12O13S/c1-25-27-30-43(13)55(80)54-59(84)71-46(26-2)61(86)77(22)51(37-93-32-29-28-31-68)64(89)76(21)50(36-67(16,17)92)58(83)72-52(41(9)10)65(90)73(18)47(33-38(3)4)57(82)69-44(14)56(81)70-45(15)60(85)74(19)48(34-39(5)6)62(87)75(20)49(35-40(7)8)63(88)78(23)53(42(11)12)66(91)79(54)24/h25,27,38-55,80,92H,26,28-37,68H2,1-24H3,(H,69,82)(H,70,81)(H,71,84)(H,72,83)/b27-25+/t43-,44+,45-,46+,47+,48+,49+,50+,51-,52+,53+,54+,55-/m1/s1. The van der Waals surface area contributed by atoms with E-state index in [1.54, 1.807) is 60.6 Å². The molecule has 0 bridgehead atoms. The Morgan fingerprint density at radius 3 is 1.43 bits per heavy atom. The van der Waals surface area contributed by atoms with Gasteiger partial charge >= 0.3 is 0 Å². The van der Waals surface area contributed by atoms with Gasteiger partial charge in [-0.25, -0.2) is 0 Å². The van der Waals surface area contributed by atoms with Crippen molar-refractivity contribution in [3.8, 4) is 0 Å². The number of carbonyl (C=O) groups excluding carboxylic acids is 11. The molecule has 0 aromatic rings. The molecule has 1 aliphatic heterocycles. The van der Waals surface area contributed by atoms with E-state index in [4.69, 9.17) is 5.73 Å². The normalized spacial score (nSPS) is 26.6. The molecule has 534 valence electrons. The van der Waals surface area contributed by atoms with Crippen molar-refractivity contribution in [2.24, 2.45) is 41.2 Å². The van der Waals surface area contributed by atoms with Gasteiger partial charge in [0.1, 0.15) is 66.5 Å². The Balaban J connectivity index is 4.56. The highest BCUT2D eigenvalue weighted by molar-refractivity contribution is 7.99. The molecule has 0 radical (unpaired) electrons. The summed E-state index contributed by atoms with van der Waals surface area (Å²) >= 11 is 1.36. The number of nitrogens with one attached hydrogen (secondary N) is 4. The molecule has 25 nitrogen and oxygen atoms in total. The van der Waals surface area contributed by atoms with E-state index in [9.17, 15) is 34.2 Å². The average molecular weight is 1340 g/mol. The number of amides is 11. The molecule has 8 N–H and O–H groups in total. The minimum absolute atomic E-state index is 0.00722. The first-order valence-corrected chi connectivity index (χ1v) is 34.5. The van der Waals surface area contributed by atoms with Crippen molar-refractivity contribution in [3.63, 3.8) is 0 Å². The second-order valence-electron chi connectivity index (χ2n) is 28.3. The number of nitrogens with zero attached hydrogens (tertiary/aromatic N) is 7.